The molecule has 1 aliphatic rings. The highest BCUT2D eigenvalue weighted by molar-refractivity contribution is 9.10. The Bertz CT molecular complexity index is 886. The third kappa shape index (κ3) is 5.09. The molecule has 0 saturated carbocycles. The number of benzene rings is 2. The molecule has 1 N–H and O–H groups in total. The van der Waals surface area contributed by atoms with Crippen molar-refractivity contribution in [2.45, 2.75) is 0 Å². The molecule has 0 aromatic heterocycles. The van der Waals surface area contributed by atoms with Gasteiger partial charge in [-0.2, -0.15) is 0 Å². The van der Waals surface area contributed by atoms with Crippen LogP contribution in [-0.4, -0.2) is 23.4 Å². The smallest absolute Gasteiger partial charge is 0.263 e. The van der Waals surface area contributed by atoms with E-state index < -0.39 is 0 Å². The van der Waals surface area contributed by atoms with E-state index in [1.807, 2.05) is 42.5 Å². The van der Waals surface area contributed by atoms with Gasteiger partial charge in [-0.25, -0.2) is 0 Å². The van der Waals surface area contributed by atoms with Gasteiger partial charge in [-0.15, -0.1) is 0 Å². The second-order valence-corrected chi connectivity index (χ2v) is 8.65. The monoisotopic (exact) mass is 513 g/mol. The summed E-state index contributed by atoms with van der Waals surface area (Å²) in [6.45, 7) is 0.769. The Hall–Kier alpha value is -1.35. The standard InChI is InChI=1S/C18H13Br2NO3S2/c19-12-5-6-14(11(9-12)10-16-17(22)21-18(25)26-16)23-7-8-24-15-4-2-1-3-13(15)20/h1-6,9-10H,7-8H2,(H,21,22,25)/b16-10-. The average molecular weight is 515 g/mol. The van der Waals surface area contributed by atoms with Crippen LogP contribution in [-0.2, 0) is 4.79 Å². The van der Waals surface area contributed by atoms with E-state index in [2.05, 4.69) is 37.2 Å². The minimum absolute atomic E-state index is 0.191. The maximum Gasteiger partial charge on any atom is 0.263 e. The van der Waals surface area contributed by atoms with Gasteiger partial charge < -0.3 is 14.8 Å². The minimum Gasteiger partial charge on any atom is -0.489 e. The number of thioether (sulfide) groups is 1. The molecule has 0 spiro atoms. The van der Waals surface area contributed by atoms with Crippen LogP contribution in [0.2, 0.25) is 0 Å². The summed E-state index contributed by atoms with van der Waals surface area (Å²) in [5, 5.41) is 2.61. The van der Waals surface area contributed by atoms with Crippen LogP contribution in [0, 0.1) is 0 Å². The van der Waals surface area contributed by atoms with Crippen molar-refractivity contribution >= 4 is 72.1 Å². The van der Waals surface area contributed by atoms with E-state index in [1.165, 1.54) is 11.8 Å². The molecule has 2 aromatic carbocycles. The van der Waals surface area contributed by atoms with Gasteiger partial charge in [0, 0.05) is 10.0 Å². The molecule has 0 radical (unpaired) electrons. The molecule has 0 unspecified atom stereocenters. The van der Waals surface area contributed by atoms with Gasteiger partial charge in [0.1, 0.15) is 29.0 Å². The SMILES string of the molecule is O=C1NC(=S)S/C1=C\c1cc(Br)ccc1OCCOc1ccccc1Br. The van der Waals surface area contributed by atoms with Crippen molar-refractivity contribution in [1.29, 1.82) is 0 Å². The normalized spacial score (nSPS) is 15.2. The Labute approximate surface area is 177 Å². The average Bonchev–Trinajstić information content (AvgIpc) is 2.92. The summed E-state index contributed by atoms with van der Waals surface area (Å²) in [4.78, 5) is 12.4. The number of nitrogens with one attached hydrogen (secondary N) is 1. The zero-order chi connectivity index (χ0) is 18.5. The molecule has 26 heavy (non-hydrogen) atoms. The van der Waals surface area contributed by atoms with Crippen LogP contribution in [0.15, 0.2) is 56.3 Å². The quantitative estimate of drug-likeness (QED) is 0.328. The van der Waals surface area contributed by atoms with Gasteiger partial charge >= 0.3 is 0 Å². The first-order chi connectivity index (χ1) is 12.5. The fourth-order valence-corrected chi connectivity index (χ4v) is 4.00. The lowest BCUT2D eigenvalue weighted by molar-refractivity contribution is -0.115. The van der Waals surface area contributed by atoms with Gasteiger partial charge in [0.2, 0.25) is 0 Å². The number of hydrogen-bond acceptors (Lipinski definition) is 5. The third-order valence-electron chi connectivity index (χ3n) is 3.34. The van der Waals surface area contributed by atoms with E-state index in [4.69, 9.17) is 21.7 Å². The lowest BCUT2D eigenvalue weighted by Crippen LogP contribution is -2.17. The number of thiocarbonyl (C=S) groups is 1. The van der Waals surface area contributed by atoms with Gasteiger partial charge in [-0.05, 0) is 52.3 Å². The summed E-state index contributed by atoms with van der Waals surface area (Å²) in [6, 6.07) is 13.3. The fraction of sp³-hybridized carbons (Fsp3) is 0.111. The number of halogens is 2. The zero-order valence-electron chi connectivity index (χ0n) is 13.3. The van der Waals surface area contributed by atoms with Gasteiger partial charge in [0.05, 0.1) is 9.38 Å². The number of amides is 1. The van der Waals surface area contributed by atoms with Crippen LogP contribution in [0.3, 0.4) is 0 Å². The van der Waals surface area contributed by atoms with Crippen molar-refractivity contribution < 1.29 is 14.3 Å². The van der Waals surface area contributed by atoms with E-state index in [-0.39, 0.29) is 5.91 Å². The third-order valence-corrected chi connectivity index (χ3v) is 5.65. The summed E-state index contributed by atoms with van der Waals surface area (Å²) >= 11 is 13.1. The molecule has 1 saturated heterocycles. The summed E-state index contributed by atoms with van der Waals surface area (Å²) < 4.78 is 13.8. The molecule has 8 heteroatoms. The van der Waals surface area contributed by atoms with E-state index in [1.54, 1.807) is 6.08 Å². The summed E-state index contributed by atoms with van der Waals surface area (Å²) in [6.07, 6.45) is 1.77. The van der Waals surface area contributed by atoms with Crippen molar-refractivity contribution in [2.75, 3.05) is 13.2 Å². The number of hydrogen-bond donors (Lipinski definition) is 1. The minimum atomic E-state index is -0.191. The summed E-state index contributed by atoms with van der Waals surface area (Å²) in [5.74, 6) is 1.24. The highest BCUT2D eigenvalue weighted by atomic mass is 79.9. The fourth-order valence-electron chi connectivity index (χ4n) is 2.19. The van der Waals surface area contributed by atoms with Crippen LogP contribution in [0.25, 0.3) is 6.08 Å². The van der Waals surface area contributed by atoms with Crippen molar-refractivity contribution in [2.24, 2.45) is 0 Å². The second-order valence-electron chi connectivity index (χ2n) is 5.16. The molecular weight excluding hydrogens is 502 g/mol. The molecule has 4 nitrogen and oxygen atoms in total. The Morgan fingerprint density at radius 1 is 1.08 bits per heavy atom. The Kier molecular flexibility index (Phi) is 6.74. The van der Waals surface area contributed by atoms with E-state index >= 15 is 0 Å². The molecule has 1 fully saturated rings. The van der Waals surface area contributed by atoms with Gasteiger partial charge in [0.25, 0.3) is 5.91 Å². The molecule has 0 aliphatic carbocycles. The predicted molar refractivity (Wildman–Crippen MR) is 116 cm³/mol. The molecule has 1 heterocycles. The highest BCUT2D eigenvalue weighted by Crippen LogP contribution is 2.31. The number of ether oxygens (including phenoxy) is 2. The van der Waals surface area contributed by atoms with Gasteiger partial charge in [-0.1, -0.05) is 52.0 Å². The molecule has 0 bridgehead atoms. The molecule has 1 amide bonds. The maximum atomic E-state index is 11.9. The predicted octanol–water partition coefficient (Wildman–Crippen LogP) is 5.16. The number of para-hydroxylation sites is 1. The number of rotatable bonds is 6. The van der Waals surface area contributed by atoms with Crippen molar-refractivity contribution in [1.82, 2.24) is 5.32 Å². The maximum absolute atomic E-state index is 11.9. The lowest BCUT2D eigenvalue weighted by Gasteiger charge is -2.12. The Morgan fingerprint density at radius 3 is 2.50 bits per heavy atom. The molecular formula is C18H13Br2NO3S2. The number of carbonyl (C=O) groups excluding carboxylic acids is 1. The summed E-state index contributed by atoms with van der Waals surface area (Å²) in [7, 11) is 0. The van der Waals surface area contributed by atoms with Crippen molar-refractivity contribution in [3.8, 4) is 11.5 Å². The van der Waals surface area contributed by atoms with Crippen molar-refractivity contribution in [3.63, 3.8) is 0 Å². The summed E-state index contributed by atoms with van der Waals surface area (Å²) in [5.41, 5.74) is 0.794. The van der Waals surface area contributed by atoms with Crippen LogP contribution in [0.1, 0.15) is 5.56 Å². The first-order valence-electron chi connectivity index (χ1n) is 7.57. The van der Waals surface area contributed by atoms with Crippen LogP contribution in [0.5, 0.6) is 11.5 Å². The van der Waals surface area contributed by atoms with Crippen molar-refractivity contribution in [3.05, 3.63) is 61.9 Å². The second kappa shape index (κ2) is 9.03. The first-order valence-corrected chi connectivity index (χ1v) is 10.4. The van der Waals surface area contributed by atoms with Crippen LogP contribution >= 0.6 is 55.8 Å². The van der Waals surface area contributed by atoms with E-state index in [9.17, 15) is 4.79 Å². The topological polar surface area (TPSA) is 47.6 Å². The van der Waals surface area contributed by atoms with Gasteiger partial charge in [-0.3, -0.25) is 4.79 Å². The Balaban J connectivity index is 1.66. The molecule has 2 aromatic rings. The molecule has 3 rings (SSSR count). The molecule has 0 atom stereocenters. The molecule has 134 valence electrons. The number of carbonyl (C=O) groups is 1. The largest absolute Gasteiger partial charge is 0.489 e. The van der Waals surface area contributed by atoms with Crippen LogP contribution in [0.4, 0.5) is 0 Å². The van der Waals surface area contributed by atoms with Crippen LogP contribution < -0.4 is 14.8 Å². The lowest BCUT2D eigenvalue weighted by atomic mass is 10.2. The zero-order valence-corrected chi connectivity index (χ0v) is 18.1. The highest BCUT2D eigenvalue weighted by Gasteiger charge is 2.22. The Morgan fingerprint density at radius 2 is 1.81 bits per heavy atom. The van der Waals surface area contributed by atoms with E-state index in [0.29, 0.717) is 28.2 Å². The van der Waals surface area contributed by atoms with E-state index in [0.717, 1.165) is 20.3 Å². The van der Waals surface area contributed by atoms with Gasteiger partial charge in [0.15, 0.2) is 0 Å². The first kappa shape index (κ1) is 19.4. The molecule has 1 aliphatic heterocycles.